The second-order valence-electron chi connectivity index (χ2n) is 5.60. The summed E-state index contributed by atoms with van der Waals surface area (Å²) in [4.78, 5) is 18.3. The van der Waals surface area contributed by atoms with Gasteiger partial charge in [0, 0.05) is 22.3 Å². The SMILES string of the molecule is CC[NH+](Cc1ccccc1)Cc1cc(=O)n2cc(Br)ccc2n1. The number of halogens is 1. The number of rotatable bonds is 5. The van der Waals surface area contributed by atoms with Crippen LogP contribution in [-0.2, 0) is 13.1 Å². The lowest BCUT2D eigenvalue weighted by Crippen LogP contribution is -3.09. The highest BCUT2D eigenvalue weighted by atomic mass is 79.9. The van der Waals surface area contributed by atoms with Gasteiger partial charge in [-0.3, -0.25) is 9.20 Å². The molecular weight excluding hydrogens is 354 g/mol. The normalized spacial score (nSPS) is 12.4. The van der Waals surface area contributed by atoms with Gasteiger partial charge < -0.3 is 4.90 Å². The predicted octanol–water partition coefficient (Wildman–Crippen LogP) is 2.06. The van der Waals surface area contributed by atoms with Crippen molar-refractivity contribution in [2.45, 2.75) is 20.0 Å². The van der Waals surface area contributed by atoms with Crippen LogP contribution in [0.15, 0.2) is 64.0 Å². The predicted molar refractivity (Wildman–Crippen MR) is 94.5 cm³/mol. The lowest BCUT2D eigenvalue weighted by Gasteiger charge is -2.17. The quantitative estimate of drug-likeness (QED) is 0.744. The maximum absolute atomic E-state index is 12.3. The Kier molecular flexibility index (Phi) is 4.88. The minimum Gasteiger partial charge on any atom is -0.326 e. The van der Waals surface area contributed by atoms with E-state index < -0.39 is 0 Å². The van der Waals surface area contributed by atoms with Crippen molar-refractivity contribution in [3.8, 4) is 0 Å². The van der Waals surface area contributed by atoms with Gasteiger partial charge in [-0.1, -0.05) is 30.3 Å². The van der Waals surface area contributed by atoms with E-state index in [1.807, 2.05) is 18.2 Å². The number of hydrogen-bond donors (Lipinski definition) is 1. The highest BCUT2D eigenvalue weighted by molar-refractivity contribution is 9.10. The number of benzene rings is 1. The average Bonchev–Trinajstić information content (AvgIpc) is 2.56. The molecule has 118 valence electrons. The Hall–Kier alpha value is -1.98. The highest BCUT2D eigenvalue weighted by Gasteiger charge is 2.11. The Morgan fingerprint density at radius 3 is 2.65 bits per heavy atom. The zero-order valence-corrected chi connectivity index (χ0v) is 14.6. The molecule has 1 N–H and O–H groups in total. The molecule has 5 heteroatoms. The Morgan fingerprint density at radius 1 is 1.13 bits per heavy atom. The molecule has 0 radical (unpaired) electrons. The number of nitrogens with zero attached hydrogens (tertiary/aromatic N) is 2. The van der Waals surface area contributed by atoms with Crippen LogP contribution in [0.4, 0.5) is 0 Å². The fraction of sp³-hybridized carbons (Fsp3) is 0.222. The van der Waals surface area contributed by atoms with Crippen LogP contribution < -0.4 is 10.5 Å². The summed E-state index contributed by atoms with van der Waals surface area (Å²) >= 11 is 3.38. The number of hydrogen-bond acceptors (Lipinski definition) is 2. The Balaban J connectivity index is 1.85. The Morgan fingerprint density at radius 2 is 1.91 bits per heavy atom. The second-order valence-corrected chi connectivity index (χ2v) is 6.52. The number of pyridine rings is 1. The van der Waals surface area contributed by atoms with Crippen molar-refractivity contribution in [2.75, 3.05) is 6.54 Å². The van der Waals surface area contributed by atoms with Gasteiger partial charge in [-0.25, -0.2) is 4.98 Å². The van der Waals surface area contributed by atoms with Gasteiger partial charge >= 0.3 is 0 Å². The fourth-order valence-corrected chi connectivity index (χ4v) is 3.01. The van der Waals surface area contributed by atoms with Crippen molar-refractivity contribution in [3.63, 3.8) is 0 Å². The van der Waals surface area contributed by atoms with E-state index in [2.05, 4.69) is 52.1 Å². The van der Waals surface area contributed by atoms with E-state index in [-0.39, 0.29) is 5.56 Å². The lowest BCUT2D eigenvalue weighted by molar-refractivity contribution is -0.926. The first-order valence-corrected chi connectivity index (χ1v) is 8.50. The minimum absolute atomic E-state index is 0.0403. The molecular formula is C18H19BrN3O+. The van der Waals surface area contributed by atoms with Gasteiger partial charge in [0.2, 0.25) is 0 Å². The first kappa shape index (κ1) is 15.9. The van der Waals surface area contributed by atoms with Crippen molar-refractivity contribution in [1.29, 1.82) is 0 Å². The van der Waals surface area contributed by atoms with Crippen LogP contribution in [0.5, 0.6) is 0 Å². The molecule has 2 heterocycles. The minimum atomic E-state index is -0.0403. The molecule has 0 spiro atoms. The van der Waals surface area contributed by atoms with Crippen LogP contribution in [0.3, 0.4) is 0 Å². The Bertz CT molecular complexity index is 861. The van der Waals surface area contributed by atoms with Gasteiger partial charge in [-0.2, -0.15) is 0 Å². The molecule has 4 nitrogen and oxygen atoms in total. The van der Waals surface area contributed by atoms with Crippen LogP contribution in [-0.4, -0.2) is 15.9 Å². The third-order valence-corrected chi connectivity index (χ3v) is 4.37. The molecule has 2 aromatic heterocycles. The molecule has 0 fully saturated rings. The number of nitrogens with one attached hydrogen (secondary N) is 1. The molecule has 0 bridgehead atoms. The van der Waals surface area contributed by atoms with Gasteiger partial charge in [0.25, 0.3) is 5.56 Å². The molecule has 0 saturated heterocycles. The smallest absolute Gasteiger partial charge is 0.258 e. The third-order valence-electron chi connectivity index (χ3n) is 3.90. The van der Waals surface area contributed by atoms with Gasteiger partial charge in [0.05, 0.1) is 6.54 Å². The van der Waals surface area contributed by atoms with E-state index in [1.165, 1.54) is 10.5 Å². The molecule has 0 aliphatic carbocycles. The standard InChI is InChI=1S/C18H18BrN3O/c1-2-21(11-14-6-4-3-5-7-14)13-16-10-18(23)22-12-15(19)8-9-17(22)20-16/h3-10,12H,2,11,13H2,1H3/p+1. The number of fused-ring (bicyclic) bond motifs is 1. The van der Waals surface area contributed by atoms with Gasteiger partial charge in [-0.15, -0.1) is 0 Å². The van der Waals surface area contributed by atoms with E-state index in [9.17, 15) is 4.79 Å². The van der Waals surface area contributed by atoms with Crippen molar-refractivity contribution in [3.05, 3.63) is 80.8 Å². The van der Waals surface area contributed by atoms with Crippen molar-refractivity contribution < 1.29 is 4.90 Å². The van der Waals surface area contributed by atoms with E-state index in [4.69, 9.17) is 0 Å². The molecule has 0 amide bonds. The molecule has 0 saturated carbocycles. The maximum Gasteiger partial charge on any atom is 0.258 e. The molecule has 23 heavy (non-hydrogen) atoms. The molecule has 3 rings (SSSR count). The zero-order chi connectivity index (χ0) is 16.2. The first-order valence-electron chi connectivity index (χ1n) is 7.71. The van der Waals surface area contributed by atoms with Crippen molar-refractivity contribution in [1.82, 2.24) is 9.38 Å². The molecule has 0 aliphatic heterocycles. The van der Waals surface area contributed by atoms with Crippen LogP contribution in [0.1, 0.15) is 18.2 Å². The summed E-state index contributed by atoms with van der Waals surface area (Å²) in [6.45, 7) is 4.81. The second kappa shape index (κ2) is 7.06. The van der Waals surface area contributed by atoms with Crippen LogP contribution >= 0.6 is 15.9 Å². The molecule has 0 aliphatic rings. The Labute approximate surface area is 143 Å². The summed E-state index contributed by atoms with van der Waals surface area (Å²) in [6, 6.07) is 15.8. The van der Waals surface area contributed by atoms with Crippen LogP contribution in [0, 0.1) is 0 Å². The summed E-state index contributed by atoms with van der Waals surface area (Å²) in [6.07, 6.45) is 1.75. The molecule has 1 atom stereocenters. The summed E-state index contributed by atoms with van der Waals surface area (Å²) < 4.78 is 2.43. The van der Waals surface area contributed by atoms with E-state index >= 15 is 0 Å². The summed E-state index contributed by atoms with van der Waals surface area (Å²) in [7, 11) is 0. The number of quaternary nitrogens is 1. The summed E-state index contributed by atoms with van der Waals surface area (Å²) in [5.74, 6) is 0. The number of aromatic nitrogens is 2. The van der Waals surface area contributed by atoms with Gasteiger partial charge in [0.1, 0.15) is 24.4 Å². The maximum atomic E-state index is 12.3. The van der Waals surface area contributed by atoms with Gasteiger partial charge in [0.15, 0.2) is 0 Å². The van der Waals surface area contributed by atoms with Crippen molar-refractivity contribution in [2.24, 2.45) is 0 Å². The van der Waals surface area contributed by atoms with Crippen LogP contribution in [0.2, 0.25) is 0 Å². The van der Waals surface area contributed by atoms with E-state index in [0.717, 1.165) is 29.8 Å². The van der Waals surface area contributed by atoms with E-state index in [1.54, 1.807) is 16.7 Å². The first-order chi connectivity index (χ1) is 11.2. The monoisotopic (exact) mass is 372 g/mol. The highest BCUT2D eigenvalue weighted by Crippen LogP contribution is 2.09. The fourth-order valence-electron chi connectivity index (χ4n) is 2.67. The molecule has 1 unspecified atom stereocenters. The average molecular weight is 373 g/mol. The molecule has 3 aromatic rings. The van der Waals surface area contributed by atoms with E-state index in [0.29, 0.717) is 5.65 Å². The third kappa shape index (κ3) is 3.86. The van der Waals surface area contributed by atoms with Gasteiger partial charge in [-0.05, 0) is 35.0 Å². The largest absolute Gasteiger partial charge is 0.326 e. The zero-order valence-electron chi connectivity index (χ0n) is 13.0. The van der Waals surface area contributed by atoms with Crippen LogP contribution in [0.25, 0.3) is 5.65 Å². The topological polar surface area (TPSA) is 38.8 Å². The molecule has 1 aromatic carbocycles. The van der Waals surface area contributed by atoms with Crippen molar-refractivity contribution >= 4 is 21.6 Å². The summed E-state index contributed by atoms with van der Waals surface area (Å²) in [5.41, 5.74) is 2.78. The lowest BCUT2D eigenvalue weighted by atomic mass is 10.2. The summed E-state index contributed by atoms with van der Waals surface area (Å²) in [5, 5.41) is 0.